The fourth-order valence-electron chi connectivity index (χ4n) is 4.29. The minimum atomic E-state index is -0.457. The van der Waals surface area contributed by atoms with Gasteiger partial charge in [-0.25, -0.2) is 4.79 Å². The van der Waals surface area contributed by atoms with Gasteiger partial charge in [0, 0.05) is 30.3 Å². The average molecular weight is 345 g/mol. The third-order valence-electron chi connectivity index (χ3n) is 5.58. The molecule has 0 amide bonds. The van der Waals surface area contributed by atoms with E-state index in [1.165, 1.54) is 4.68 Å². The highest BCUT2D eigenvalue weighted by Crippen LogP contribution is 2.36. The number of aliphatic hydroxyl groups excluding tert-OH is 1. The number of hydrogen-bond acceptors (Lipinski definition) is 6. The Labute approximate surface area is 145 Å². The lowest BCUT2D eigenvalue weighted by Crippen LogP contribution is -2.43. The number of phenolic OH excluding ortho intramolecular Hbond substituents is 1. The maximum atomic E-state index is 12.7. The summed E-state index contributed by atoms with van der Waals surface area (Å²) in [7, 11) is 2.15. The zero-order valence-electron chi connectivity index (χ0n) is 14.3. The number of esters is 1. The number of benzene rings is 1. The second-order valence-electron chi connectivity index (χ2n) is 7.02. The summed E-state index contributed by atoms with van der Waals surface area (Å²) in [6.07, 6.45) is 3.96. The molecule has 0 radical (unpaired) electrons. The quantitative estimate of drug-likeness (QED) is 0.817. The molecule has 2 fully saturated rings. The Morgan fingerprint density at radius 2 is 2.04 bits per heavy atom. The van der Waals surface area contributed by atoms with Gasteiger partial charge in [0.15, 0.2) is 5.69 Å². The molecule has 3 heterocycles. The van der Waals surface area contributed by atoms with E-state index in [-0.39, 0.29) is 30.7 Å². The summed E-state index contributed by atoms with van der Waals surface area (Å²) in [6, 6.07) is 5.94. The number of carbonyl (C=O) groups excluding carboxylic acids is 1. The first-order valence-corrected chi connectivity index (χ1v) is 8.80. The number of aliphatic hydroxyl groups is 1. The average Bonchev–Trinajstić information content (AvgIpc) is 3.03. The number of fused-ring (bicyclic) bond motifs is 3. The molecule has 1 aromatic heterocycles. The molecule has 2 aromatic rings. The maximum absolute atomic E-state index is 12.7. The van der Waals surface area contributed by atoms with Crippen molar-refractivity contribution in [2.24, 2.45) is 0 Å². The predicted octanol–water partition coefficient (Wildman–Crippen LogP) is 1.52. The molecule has 134 valence electrons. The molecule has 2 unspecified atom stereocenters. The molecule has 7 nitrogen and oxygen atoms in total. The van der Waals surface area contributed by atoms with Crippen LogP contribution in [0.2, 0.25) is 0 Å². The minimum Gasteiger partial charge on any atom is -0.506 e. The lowest BCUT2D eigenvalue weighted by Gasteiger charge is -2.35. The van der Waals surface area contributed by atoms with Crippen molar-refractivity contribution in [2.75, 3.05) is 13.7 Å². The van der Waals surface area contributed by atoms with Crippen LogP contribution in [0, 0.1) is 0 Å². The van der Waals surface area contributed by atoms with Crippen LogP contribution in [0.15, 0.2) is 18.2 Å². The van der Waals surface area contributed by atoms with Crippen LogP contribution in [-0.4, -0.2) is 62.7 Å². The number of ether oxygens (including phenoxy) is 1. The summed E-state index contributed by atoms with van der Waals surface area (Å²) < 4.78 is 7.22. The number of para-hydroxylation sites is 1. The van der Waals surface area contributed by atoms with E-state index in [9.17, 15) is 15.0 Å². The van der Waals surface area contributed by atoms with E-state index in [1.807, 2.05) is 0 Å². The Kier molecular flexibility index (Phi) is 4.13. The molecule has 1 aromatic carbocycles. The maximum Gasteiger partial charge on any atom is 0.359 e. The highest BCUT2D eigenvalue weighted by molar-refractivity contribution is 6.03. The fraction of sp³-hybridized carbons (Fsp3) is 0.556. The standard InChI is InChI=1S/C18H23N3O4/c1-20-11-5-6-12(20)10-13(9-11)25-18(24)16-14-3-2-4-15(23)17(14)21(19-16)7-8-22/h2-4,11-13,22-23H,5-10H2,1H3. The molecule has 2 aliphatic heterocycles. The number of carbonyl (C=O) groups is 1. The topological polar surface area (TPSA) is 87.8 Å². The zero-order chi connectivity index (χ0) is 17.6. The first-order chi connectivity index (χ1) is 12.1. The number of aromatic nitrogens is 2. The monoisotopic (exact) mass is 345 g/mol. The van der Waals surface area contributed by atoms with Gasteiger partial charge >= 0.3 is 5.97 Å². The van der Waals surface area contributed by atoms with Crippen LogP contribution >= 0.6 is 0 Å². The van der Waals surface area contributed by atoms with Gasteiger partial charge < -0.3 is 19.8 Å². The molecule has 7 heteroatoms. The fourth-order valence-corrected chi connectivity index (χ4v) is 4.29. The van der Waals surface area contributed by atoms with Crippen molar-refractivity contribution in [3.8, 4) is 5.75 Å². The minimum absolute atomic E-state index is 0.0369. The van der Waals surface area contributed by atoms with Gasteiger partial charge in [-0.05, 0) is 26.0 Å². The van der Waals surface area contributed by atoms with Crippen LogP contribution in [0.1, 0.15) is 36.2 Å². The van der Waals surface area contributed by atoms with E-state index >= 15 is 0 Å². The zero-order valence-corrected chi connectivity index (χ0v) is 14.3. The van der Waals surface area contributed by atoms with Gasteiger partial charge in [0.05, 0.1) is 13.2 Å². The van der Waals surface area contributed by atoms with Crippen LogP contribution in [0.25, 0.3) is 10.9 Å². The molecule has 0 saturated carbocycles. The molecular formula is C18H23N3O4. The SMILES string of the molecule is CN1C2CCC1CC(OC(=O)c1nn(CCO)c3c(O)cccc13)C2. The van der Waals surface area contributed by atoms with Crippen molar-refractivity contribution in [3.63, 3.8) is 0 Å². The number of hydrogen-bond donors (Lipinski definition) is 2. The highest BCUT2D eigenvalue weighted by atomic mass is 16.5. The Bertz CT molecular complexity index is 789. The molecular weight excluding hydrogens is 322 g/mol. The van der Waals surface area contributed by atoms with Crippen LogP contribution in [0.4, 0.5) is 0 Å². The van der Waals surface area contributed by atoms with Gasteiger partial charge in [-0.3, -0.25) is 4.68 Å². The number of phenols is 1. The van der Waals surface area contributed by atoms with Gasteiger partial charge in [0.2, 0.25) is 0 Å². The lowest BCUT2D eigenvalue weighted by atomic mass is 10.0. The van der Waals surface area contributed by atoms with E-state index in [0.29, 0.717) is 23.0 Å². The van der Waals surface area contributed by atoms with Crippen molar-refractivity contribution >= 4 is 16.9 Å². The second kappa shape index (κ2) is 6.31. The normalized spacial score (nSPS) is 26.2. The smallest absolute Gasteiger partial charge is 0.359 e. The number of piperidine rings is 1. The van der Waals surface area contributed by atoms with Gasteiger partial charge in [0.1, 0.15) is 17.4 Å². The molecule has 25 heavy (non-hydrogen) atoms. The highest BCUT2D eigenvalue weighted by Gasteiger charge is 2.40. The summed E-state index contributed by atoms with van der Waals surface area (Å²) in [4.78, 5) is 15.1. The van der Waals surface area contributed by atoms with Crippen molar-refractivity contribution in [1.29, 1.82) is 0 Å². The Morgan fingerprint density at radius 1 is 1.32 bits per heavy atom. The third-order valence-corrected chi connectivity index (χ3v) is 5.58. The number of nitrogens with zero attached hydrogens (tertiary/aromatic N) is 3. The van der Waals surface area contributed by atoms with E-state index in [1.54, 1.807) is 18.2 Å². The first kappa shape index (κ1) is 16.4. The largest absolute Gasteiger partial charge is 0.506 e. The van der Waals surface area contributed by atoms with Gasteiger partial charge in [0.25, 0.3) is 0 Å². The summed E-state index contributed by atoms with van der Waals surface area (Å²) >= 11 is 0. The molecule has 2 N–H and O–H groups in total. The van der Waals surface area contributed by atoms with Crippen molar-refractivity contribution in [3.05, 3.63) is 23.9 Å². The summed E-state index contributed by atoms with van der Waals surface area (Å²) in [5.41, 5.74) is 0.651. The van der Waals surface area contributed by atoms with Crippen LogP contribution in [0.3, 0.4) is 0 Å². The van der Waals surface area contributed by atoms with Crippen molar-refractivity contribution < 1.29 is 19.7 Å². The Balaban J connectivity index is 1.59. The van der Waals surface area contributed by atoms with Gasteiger partial charge in [-0.15, -0.1) is 0 Å². The predicted molar refractivity (Wildman–Crippen MR) is 91.5 cm³/mol. The van der Waals surface area contributed by atoms with E-state index in [2.05, 4.69) is 17.0 Å². The summed E-state index contributed by atoms with van der Waals surface area (Å²) in [6.45, 7) is 0.0810. The number of aromatic hydroxyl groups is 1. The van der Waals surface area contributed by atoms with Crippen molar-refractivity contribution in [2.45, 2.75) is 50.4 Å². The van der Waals surface area contributed by atoms with E-state index < -0.39 is 5.97 Å². The summed E-state index contributed by atoms with van der Waals surface area (Å²) in [5.74, 6) is -0.420. The first-order valence-electron chi connectivity index (χ1n) is 8.80. The lowest BCUT2D eigenvalue weighted by molar-refractivity contribution is -0.000902. The third kappa shape index (κ3) is 2.77. The molecule has 0 aliphatic carbocycles. The van der Waals surface area contributed by atoms with Crippen molar-refractivity contribution in [1.82, 2.24) is 14.7 Å². The van der Waals surface area contributed by atoms with Crippen LogP contribution < -0.4 is 0 Å². The van der Waals surface area contributed by atoms with E-state index in [0.717, 1.165) is 25.7 Å². The molecule has 2 saturated heterocycles. The summed E-state index contributed by atoms with van der Waals surface area (Å²) in [5, 5.41) is 24.1. The number of rotatable bonds is 4. The molecule has 2 bridgehead atoms. The Hall–Kier alpha value is -2.12. The molecule has 2 atom stereocenters. The molecule has 0 spiro atoms. The second-order valence-corrected chi connectivity index (χ2v) is 7.02. The van der Waals surface area contributed by atoms with Gasteiger partial charge in [-0.2, -0.15) is 5.10 Å². The van der Waals surface area contributed by atoms with Crippen LogP contribution in [0.5, 0.6) is 5.75 Å². The van der Waals surface area contributed by atoms with Crippen LogP contribution in [-0.2, 0) is 11.3 Å². The molecule has 2 aliphatic rings. The molecule has 4 rings (SSSR count). The van der Waals surface area contributed by atoms with E-state index in [4.69, 9.17) is 4.74 Å². The Morgan fingerprint density at radius 3 is 2.72 bits per heavy atom. The van der Waals surface area contributed by atoms with Gasteiger partial charge in [-0.1, -0.05) is 12.1 Å².